The number of hydrazone groups is 1. The Morgan fingerprint density at radius 2 is 2.24 bits per heavy atom. The van der Waals surface area contributed by atoms with Gasteiger partial charge in [-0.3, -0.25) is 0 Å². The lowest BCUT2D eigenvalue weighted by Gasteiger charge is -2.20. The summed E-state index contributed by atoms with van der Waals surface area (Å²) in [5.74, 6) is 6.38. The maximum Gasteiger partial charge on any atom is 0.183 e. The zero-order valence-corrected chi connectivity index (χ0v) is 11.0. The third kappa shape index (κ3) is 3.44. The predicted octanol–water partition coefficient (Wildman–Crippen LogP) is 2.28. The first-order valence-corrected chi connectivity index (χ1v) is 5.87. The van der Waals surface area contributed by atoms with Crippen molar-refractivity contribution in [3.8, 4) is 0 Å². The topological polar surface area (TPSA) is 60.0 Å². The summed E-state index contributed by atoms with van der Waals surface area (Å²) in [6.45, 7) is 6.07. The average Bonchev–Trinajstić information content (AvgIpc) is 2.36. The van der Waals surface area contributed by atoms with E-state index < -0.39 is 0 Å². The van der Waals surface area contributed by atoms with Crippen LogP contribution in [-0.2, 0) is 4.74 Å². The molecule has 2 N–H and O–H groups in total. The Labute approximate surface area is 103 Å². The highest BCUT2D eigenvalue weighted by Gasteiger charge is 2.17. The van der Waals surface area contributed by atoms with Gasteiger partial charge in [-0.15, -0.1) is 0 Å². The van der Waals surface area contributed by atoms with Crippen LogP contribution in [0.2, 0.25) is 0 Å². The lowest BCUT2D eigenvalue weighted by Crippen LogP contribution is -2.19. The molecule has 0 spiro atoms. The largest absolute Gasteiger partial charge is 0.484 e. The molecule has 0 saturated carbocycles. The zero-order valence-electron chi connectivity index (χ0n) is 11.0. The molecule has 4 nitrogen and oxygen atoms in total. The summed E-state index contributed by atoms with van der Waals surface area (Å²) in [6, 6.07) is 0.138. The van der Waals surface area contributed by atoms with E-state index in [1.165, 1.54) is 0 Å². The SMILES string of the molecule is CCC(=NC1C=CC(/C(C)=N/N)=C[C@H]1C)OC. The zero-order chi connectivity index (χ0) is 12.8. The molecule has 17 heavy (non-hydrogen) atoms. The van der Waals surface area contributed by atoms with E-state index in [9.17, 15) is 0 Å². The number of hydrogen-bond acceptors (Lipinski definition) is 4. The second kappa shape index (κ2) is 6.23. The van der Waals surface area contributed by atoms with Gasteiger partial charge in [0.25, 0.3) is 0 Å². The van der Waals surface area contributed by atoms with E-state index in [-0.39, 0.29) is 6.04 Å². The van der Waals surface area contributed by atoms with E-state index >= 15 is 0 Å². The molecule has 94 valence electrons. The maximum absolute atomic E-state index is 5.27. The van der Waals surface area contributed by atoms with Crippen molar-refractivity contribution >= 4 is 11.6 Å². The highest BCUT2D eigenvalue weighted by atomic mass is 16.5. The quantitative estimate of drug-likeness (QED) is 0.353. The fourth-order valence-electron chi connectivity index (χ4n) is 1.75. The molecule has 1 rings (SSSR count). The Kier molecular flexibility index (Phi) is 4.94. The molecule has 0 bridgehead atoms. The summed E-state index contributed by atoms with van der Waals surface area (Å²) in [5, 5.41) is 3.70. The average molecular weight is 235 g/mol. The van der Waals surface area contributed by atoms with Crippen molar-refractivity contribution in [1.29, 1.82) is 0 Å². The number of hydrogen-bond donors (Lipinski definition) is 1. The summed E-state index contributed by atoms with van der Waals surface area (Å²) in [7, 11) is 1.66. The maximum atomic E-state index is 5.27. The van der Waals surface area contributed by atoms with Crippen molar-refractivity contribution in [1.82, 2.24) is 0 Å². The van der Waals surface area contributed by atoms with Gasteiger partial charge in [-0.05, 0) is 12.5 Å². The minimum Gasteiger partial charge on any atom is -0.484 e. The van der Waals surface area contributed by atoms with E-state index in [4.69, 9.17) is 10.6 Å². The second-order valence-electron chi connectivity index (χ2n) is 4.13. The number of ether oxygens (including phenoxy) is 1. The molecule has 0 aliphatic heterocycles. The molecule has 0 aromatic rings. The van der Waals surface area contributed by atoms with E-state index in [0.29, 0.717) is 5.92 Å². The van der Waals surface area contributed by atoms with Crippen molar-refractivity contribution in [2.24, 2.45) is 21.9 Å². The molecule has 0 fully saturated rings. The van der Waals surface area contributed by atoms with Crippen LogP contribution in [0.15, 0.2) is 33.9 Å². The van der Waals surface area contributed by atoms with E-state index in [1.807, 2.05) is 19.9 Å². The predicted molar refractivity (Wildman–Crippen MR) is 72.2 cm³/mol. The van der Waals surface area contributed by atoms with Gasteiger partial charge in [-0.2, -0.15) is 5.10 Å². The van der Waals surface area contributed by atoms with Crippen LogP contribution < -0.4 is 5.84 Å². The highest BCUT2D eigenvalue weighted by Crippen LogP contribution is 2.21. The molecule has 1 aliphatic carbocycles. The Bertz CT molecular complexity index is 374. The summed E-state index contributed by atoms with van der Waals surface area (Å²) in [6.07, 6.45) is 7.04. The molecule has 0 amide bonds. The van der Waals surface area contributed by atoms with Crippen LogP contribution in [0.25, 0.3) is 0 Å². The van der Waals surface area contributed by atoms with E-state index in [2.05, 4.69) is 29.2 Å². The molecular weight excluding hydrogens is 214 g/mol. The summed E-state index contributed by atoms with van der Waals surface area (Å²) in [5.41, 5.74) is 1.92. The lowest BCUT2D eigenvalue weighted by molar-refractivity contribution is 0.385. The minimum atomic E-state index is 0.138. The first kappa shape index (κ1) is 13.5. The molecule has 1 unspecified atom stereocenters. The first-order valence-electron chi connectivity index (χ1n) is 5.87. The lowest BCUT2D eigenvalue weighted by atomic mass is 9.92. The van der Waals surface area contributed by atoms with Gasteiger partial charge in [-0.25, -0.2) is 4.99 Å². The van der Waals surface area contributed by atoms with Gasteiger partial charge < -0.3 is 10.6 Å². The monoisotopic (exact) mass is 235 g/mol. The number of nitrogens with two attached hydrogens (primary N) is 1. The molecule has 0 radical (unpaired) electrons. The number of nitrogens with zero attached hydrogens (tertiary/aromatic N) is 2. The Morgan fingerprint density at radius 3 is 2.71 bits per heavy atom. The van der Waals surface area contributed by atoms with Gasteiger partial charge >= 0.3 is 0 Å². The third-order valence-electron chi connectivity index (χ3n) is 2.90. The molecule has 0 aromatic heterocycles. The van der Waals surface area contributed by atoms with Crippen molar-refractivity contribution in [3.05, 3.63) is 23.8 Å². The molecule has 4 heteroatoms. The van der Waals surface area contributed by atoms with Crippen molar-refractivity contribution in [2.45, 2.75) is 33.2 Å². The Hall–Kier alpha value is -1.58. The van der Waals surface area contributed by atoms with E-state index in [1.54, 1.807) is 7.11 Å². The minimum absolute atomic E-state index is 0.138. The van der Waals surface area contributed by atoms with Crippen LogP contribution in [-0.4, -0.2) is 24.8 Å². The number of aliphatic imine (C=N–C) groups is 1. The fraction of sp³-hybridized carbons (Fsp3) is 0.538. The van der Waals surface area contributed by atoms with Crippen LogP contribution in [0.4, 0.5) is 0 Å². The molecule has 1 aliphatic rings. The number of rotatable bonds is 3. The number of allylic oxidation sites excluding steroid dienone is 2. The number of methoxy groups -OCH3 is 1. The van der Waals surface area contributed by atoms with Crippen molar-refractivity contribution < 1.29 is 4.74 Å². The summed E-state index contributed by atoms with van der Waals surface area (Å²) in [4.78, 5) is 4.57. The van der Waals surface area contributed by atoms with Crippen LogP contribution >= 0.6 is 0 Å². The normalized spacial score (nSPS) is 25.8. The van der Waals surface area contributed by atoms with Crippen LogP contribution in [0.3, 0.4) is 0 Å². The third-order valence-corrected chi connectivity index (χ3v) is 2.90. The van der Waals surface area contributed by atoms with Gasteiger partial charge in [0.05, 0.1) is 18.9 Å². The van der Waals surface area contributed by atoms with Crippen LogP contribution in [0.1, 0.15) is 27.2 Å². The molecule has 0 saturated heterocycles. The smallest absolute Gasteiger partial charge is 0.183 e. The second-order valence-corrected chi connectivity index (χ2v) is 4.13. The van der Waals surface area contributed by atoms with Crippen molar-refractivity contribution in [3.63, 3.8) is 0 Å². The highest BCUT2D eigenvalue weighted by molar-refractivity contribution is 6.00. The van der Waals surface area contributed by atoms with Gasteiger partial charge in [0.15, 0.2) is 5.90 Å². The molecular formula is C13H21N3O. The fourth-order valence-corrected chi connectivity index (χ4v) is 1.75. The molecule has 0 heterocycles. The standard InChI is InChI=1S/C13H21N3O/c1-5-13(17-4)15-12-7-6-11(8-9(12)2)10(3)16-14/h6-9,12H,5,14H2,1-4H3/b15-13?,16-10+/t9-,12?/m1/s1. The van der Waals surface area contributed by atoms with Gasteiger partial charge in [-0.1, -0.05) is 32.1 Å². The van der Waals surface area contributed by atoms with E-state index in [0.717, 1.165) is 23.6 Å². The van der Waals surface area contributed by atoms with Gasteiger partial charge in [0.1, 0.15) is 0 Å². The van der Waals surface area contributed by atoms with Crippen LogP contribution in [0.5, 0.6) is 0 Å². The Balaban J connectivity index is 2.83. The van der Waals surface area contributed by atoms with Gasteiger partial charge in [0.2, 0.25) is 0 Å². The van der Waals surface area contributed by atoms with Gasteiger partial charge in [0, 0.05) is 12.3 Å². The van der Waals surface area contributed by atoms with Crippen molar-refractivity contribution in [2.75, 3.05) is 7.11 Å². The van der Waals surface area contributed by atoms with Crippen LogP contribution in [0, 0.1) is 5.92 Å². The Morgan fingerprint density at radius 1 is 1.53 bits per heavy atom. The molecule has 0 aromatic carbocycles. The molecule has 2 atom stereocenters. The summed E-state index contributed by atoms with van der Waals surface area (Å²) >= 11 is 0. The summed E-state index contributed by atoms with van der Waals surface area (Å²) < 4.78 is 5.20. The first-order chi connectivity index (χ1) is 8.12.